The van der Waals surface area contributed by atoms with Gasteiger partial charge in [0.2, 0.25) is 0 Å². The molecule has 1 aliphatic rings. The quantitative estimate of drug-likeness (QED) is 0.791. The first kappa shape index (κ1) is 15.6. The maximum atomic E-state index is 12.8. The fourth-order valence-electron chi connectivity index (χ4n) is 3.47. The van der Waals surface area contributed by atoms with Gasteiger partial charge in [-0.1, -0.05) is 42.5 Å². The average Bonchev–Trinajstić information content (AvgIpc) is 3.21. The van der Waals surface area contributed by atoms with Gasteiger partial charge in [-0.2, -0.15) is 0 Å². The molecule has 0 saturated carbocycles. The van der Waals surface area contributed by atoms with Crippen molar-refractivity contribution in [2.45, 2.75) is 19.4 Å². The van der Waals surface area contributed by atoms with E-state index in [0.717, 1.165) is 37.3 Å². The molecule has 1 aliphatic heterocycles. The molecule has 25 heavy (non-hydrogen) atoms. The van der Waals surface area contributed by atoms with Crippen LogP contribution in [0.3, 0.4) is 0 Å². The summed E-state index contributed by atoms with van der Waals surface area (Å²) in [6, 6.07) is 18.1. The molecule has 0 aliphatic carbocycles. The fourth-order valence-corrected chi connectivity index (χ4v) is 3.47. The Balaban J connectivity index is 1.55. The van der Waals surface area contributed by atoms with Crippen LogP contribution >= 0.6 is 0 Å². The second-order valence-corrected chi connectivity index (χ2v) is 6.39. The number of amides is 1. The number of pyridine rings is 1. The summed E-state index contributed by atoms with van der Waals surface area (Å²) in [7, 11) is 0. The van der Waals surface area contributed by atoms with Gasteiger partial charge < -0.3 is 10.2 Å². The Morgan fingerprint density at radius 1 is 1.00 bits per heavy atom. The third-order valence-electron chi connectivity index (χ3n) is 4.76. The first-order valence-electron chi connectivity index (χ1n) is 8.78. The summed E-state index contributed by atoms with van der Waals surface area (Å²) in [5.74, 6) is 0.735. The number of carbonyl (C=O) groups excluding carboxylic acids is 1. The van der Waals surface area contributed by atoms with Crippen LogP contribution < -0.4 is 10.2 Å². The van der Waals surface area contributed by atoms with Crippen LogP contribution in [0.15, 0.2) is 60.8 Å². The van der Waals surface area contributed by atoms with Crippen molar-refractivity contribution in [2.24, 2.45) is 0 Å². The Hall–Kier alpha value is -2.88. The van der Waals surface area contributed by atoms with E-state index in [2.05, 4.69) is 39.5 Å². The molecule has 0 spiro atoms. The van der Waals surface area contributed by atoms with Crippen molar-refractivity contribution in [3.63, 3.8) is 0 Å². The Bertz CT molecular complexity index is 895. The monoisotopic (exact) mass is 331 g/mol. The maximum Gasteiger partial charge on any atom is 0.255 e. The lowest BCUT2D eigenvalue weighted by molar-refractivity contribution is 0.0951. The van der Waals surface area contributed by atoms with Crippen LogP contribution in [0, 0.1) is 0 Å². The highest BCUT2D eigenvalue weighted by atomic mass is 16.1. The van der Waals surface area contributed by atoms with Crippen molar-refractivity contribution in [3.8, 4) is 0 Å². The summed E-state index contributed by atoms with van der Waals surface area (Å²) in [6.45, 7) is 2.45. The number of nitrogens with one attached hydrogen (secondary N) is 1. The molecule has 0 radical (unpaired) electrons. The third-order valence-corrected chi connectivity index (χ3v) is 4.76. The fraction of sp³-hybridized carbons (Fsp3) is 0.238. The summed E-state index contributed by atoms with van der Waals surface area (Å²) in [6.07, 6.45) is 4.08. The van der Waals surface area contributed by atoms with E-state index in [1.54, 1.807) is 6.20 Å². The molecule has 4 rings (SSSR count). The molecule has 0 atom stereocenters. The van der Waals surface area contributed by atoms with Gasteiger partial charge in [0.1, 0.15) is 5.82 Å². The average molecular weight is 331 g/mol. The summed E-state index contributed by atoms with van der Waals surface area (Å²) in [5.41, 5.74) is 1.78. The number of nitrogens with zero attached hydrogens (tertiary/aromatic N) is 2. The van der Waals surface area contributed by atoms with Crippen LogP contribution in [-0.2, 0) is 6.54 Å². The van der Waals surface area contributed by atoms with E-state index < -0.39 is 0 Å². The number of benzene rings is 2. The SMILES string of the molecule is O=C(NCc1cccc2ccccc12)c1cccnc1N1CCCC1. The minimum Gasteiger partial charge on any atom is -0.356 e. The number of fused-ring (bicyclic) bond motifs is 1. The Morgan fingerprint density at radius 2 is 1.80 bits per heavy atom. The van der Waals surface area contributed by atoms with Gasteiger partial charge in [0.05, 0.1) is 5.56 Å². The van der Waals surface area contributed by atoms with Crippen LogP contribution in [-0.4, -0.2) is 24.0 Å². The molecular weight excluding hydrogens is 310 g/mol. The molecule has 4 nitrogen and oxygen atoms in total. The highest BCUT2D eigenvalue weighted by Gasteiger charge is 2.20. The second-order valence-electron chi connectivity index (χ2n) is 6.39. The van der Waals surface area contributed by atoms with E-state index in [-0.39, 0.29) is 5.91 Å². The zero-order valence-electron chi connectivity index (χ0n) is 14.1. The maximum absolute atomic E-state index is 12.8. The molecule has 0 bridgehead atoms. The first-order chi connectivity index (χ1) is 12.3. The van der Waals surface area contributed by atoms with E-state index in [0.29, 0.717) is 12.1 Å². The molecule has 1 aromatic heterocycles. The number of aromatic nitrogens is 1. The van der Waals surface area contributed by atoms with Gasteiger partial charge in [-0.25, -0.2) is 4.98 Å². The number of carbonyl (C=O) groups is 1. The molecule has 1 amide bonds. The largest absolute Gasteiger partial charge is 0.356 e. The lowest BCUT2D eigenvalue weighted by Crippen LogP contribution is -2.28. The molecule has 0 unspecified atom stereocenters. The number of anilines is 1. The molecule has 126 valence electrons. The molecule has 2 heterocycles. The highest BCUT2D eigenvalue weighted by molar-refractivity contribution is 5.99. The lowest BCUT2D eigenvalue weighted by atomic mass is 10.0. The topological polar surface area (TPSA) is 45.2 Å². The molecule has 3 aromatic rings. The minimum absolute atomic E-state index is 0.0667. The molecular formula is C21H21N3O. The van der Waals surface area contributed by atoms with Crippen LogP contribution in [0.5, 0.6) is 0 Å². The van der Waals surface area contributed by atoms with Crippen molar-refractivity contribution in [3.05, 3.63) is 71.9 Å². The zero-order valence-corrected chi connectivity index (χ0v) is 14.1. The molecule has 1 N–H and O–H groups in total. The van der Waals surface area contributed by atoms with Crippen LogP contribution in [0.2, 0.25) is 0 Å². The Labute approximate surface area is 147 Å². The van der Waals surface area contributed by atoms with E-state index in [4.69, 9.17) is 0 Å². The third kappa shape index (κ3) is 3.20. The number of rotatable bonds is 4. The Morgan fingerprint density at radius 3 is 2.68 bits per heavy atom. The standard InChI is InChI=1S/C21H21N3O/c25-21(19-11-6-12-22-20(19)24-13-3-4-14-24)23-15-17-9-5-8-16-7-1-2-10-18(16)17/h1-2,5-12H,3-4,13-15H2,(H,23,25). The number of hydrogen-bond acceptors (Lipinski definition) is 3. The summed E-state index contributed by atoms with van der Waals surface area (Å²) >= 11 is 0. The summed E-state index contributed by atoms with van der Waals surface area (Å²) in [4.78, 5) is 19.4. The minimum atomic E-state index is -0.0667. The molecule has 1 saturated heterocycles. The molecule has 1 fully saturated rings. The van der Waals surface area contributed by atoms with Crippen LogP contribution in [0.25, 0.3) is 10.8 Å². The zero-order chi connectivity index (χ0) is 17.1. The van der Waals surface area contributed by atoms with Gasteiger partial charge in [-0.3, -0.25) is 4.79 Å². The van der Waals surface area contributed by atoms with Crippen molar-refractivity contribution in [1.29, 1.82) is 0 Å². The van der Waals surface area contributed by atoms with Crippen LogP contribution in [0.4, 0.5) is 5.82 Å². The normalized spacial score (nSPS) is 14.0. The number of hydrogen-bond donors (Lipinski definition) is 1. The smallest absolute Gasteiger partial charge is 0.255 e. The van der Waals surface area contributed by atoms with Crippen molar-refractivity contribution >= 4 is 22.5 Å². The molecule has 4 heteroatoms. The van der Waals surface area contributed by atoms with Crippen molar-refractivity contribution in [2.75, 3.05) is 18.0 Å². The van der Waals surface area contributed by atoms with Gasteiger partial charge in [0.15, 0.2) is 0 Å². The highest BCUT2D eigenvalue weighted by Crippen LogP contribution is 2.22. The summed E-state index contributed by atoms with van der Waals surface area (Å²) in [5, 5.41) is 5.43. The van der Waals surface area contributed by atoms with Crippen molar-refractivity contribution in [1.82, 2.24) is 10.3 Å². The van der Waals surface area contributed by atoms with E-state index >= 15 is 0 Å². The first-order valence-corrected chi connectivity index (χ1v) is 8.78. The van der Waals surface area contributed by atoms with Gasteiger partial charge in [0.25, 0.3) is 5.91 Å². The summed E-state index contributed by atoms with van der Waals surface area (Å²) < 4.78 is 0. The second kappa shape index (κ2) is 6.93. The Kier molecular flexibility index (Phi) is 4.34. The van der Waals surface area contributed by atoms with Gasteiger partial charge in [-0.15, -0.1) is 0 Å². The predicted molar refractivity (Wildman–Crippen MR) is 101 cm³/mol. The lowest BCUT2D eigenvalue weighted by Gasteiger charge is -2.19. The van der Waals surface area contributed by atoms with Crippen molar-refractivity contribution < 1.29 is 4.79 Å². The van der Waals surface area contributed by atoms with E-state index in [1.165, 1.54) is 10.8 Å². The van der Waals surface area contributed by atoms with Gasteiger partial charge in [-0.05, 0) is 41.3 Å². The van der Waals surface area contributed by atoms with Gasteiger partial charge in [0, 0.05) is 25.8 Å². The predicted octanol–water partition coefficient (Wildman–Crippen LogP) is 3.77. The van der Waals surface area contributed by atoms with E-state index in [1.807, 2.05) is 30.3 Å². The molecule has 2 aromatic carbocycles. The van der Waals surface area contributed by atoms with Crippen LogP contribution in [0.1, 0.15) is 28.8 Å². The van der Waals surface area contributed by atoms with E-state index in [9.17, 15) is 4.79 Å². The van der Waals surface area contributed by atoms with Gasteiger partial charge >= 0.3 is 0 Å².